The minimum absolute atomic E-state index is 0.0280. The zero-order chi connectivity index (χ0) is 12.8. The molecule has 1 aromatic heterocycles. The average molecular weight is 237 g/mol. The third kappa shape index (κ3) is 4.03. The third-order valence-electron chi connectivity index (χ3n) is 2.56. The largest absolute Gasteiger partial charge is 0.355 e. The highest BCUT2D eigenvalue weighted by molar-refractivity contribution is 5.75. The molecule has 1 amide bonds. The molecule has 0 aliphatic heterocycles. The van der Waals surface area contributed by atoms with Gasteiger partial charge in [0.05, 0.1) is 0 Å². The lowest BCUT2D eigenvalue weighted by atomic mass is 10.3. The highest BCUT2D eigenvalue weighted by atomic mass is 16.2. The van der Waals surface area contributed by atoms with E-state index in [-0.39, 0.29) is 17.9 Å². The van der Waals surface area contributed by atoms with Gasteiger partial charge in [0.2, 0.25) is 5.91 Å². The standard InChI is InChI=1S/C12H19N3O2/c1-9-6-11(16)7-10(2)15(9)8-12(17)14-5-3-4-13/h6-7H,3-5,8,13H2,1-2H3,(H,14,17). The number of nitrogens with two attached hydrogens (primary N) is 1. The second-order valence-electron chi connectivity index (χ2n) is 4.05. The van der Waals surface area contributed by atoms with Crippen molar-refractivity contribution in [2.24, 2.45) is 5.73 Å². The predicted molar refractivity (Wildman–Crippen MR) is 66.9 cm³/mol. The van der Waals surface area contributed by atoms with Crippen LogP contribution in [0.5, 0.6) is 0 Å². The fourth-order valence-electron chi connectivity index (χ4n) is 1.67. The summed E-state index contributed by atoms with van der Waals surface area (Å²) in [6.07, 6.45) is 0.772. The van der Waals surface area contributed by atoms with Crippen molar-refractivity contribution >= 4 is 5.91 Å². The maximum absolute atomic E-state index is 11.6. The second kappa shape index (κ2) is 6.20. The summed E-state index contributed by atoms with van der Waals surface area (Å²) in [5.74, 6) is -0.0618. The summed E-state index contributed by atoms with van der Waals surface area (Å²) >= 11 is 0. The van der Waals surface area contributed by atoms with Crippen molar-refractivity contribution in [3.05, 3.63) is 33.7 Å². The normalized spacial score (nSPS) is 10.3. The molecule has 0 bridgehead atoms. The highest BCUT2D eigenvalue weighted by Gasteiger charge is 2.06. The molecular formula is C12H19N3O2. The maximum Gasteiger partial charge on any atom is 0.239 e. The van der Waals surface area contributed by atoms with E-state index < -0.39 is 0 Å². The number of rotatable bonds is 5. The van der Waals surface area contributed by atoms with Gasteiger partial charge in [-0.3, -0.25) is 9.59 Å². The number of pyridine rings is 1. The Hall–Kier alpha value is -1.62. The maximum atomic E-state index is 11.6. The van der Waals surface area contributed by atoms with E-state index in [0.29, 0.717) is 13.1 Å². The van der Waals surface area contributed by atoms with Gasteiger partial charge in [-0.1, -0.05) is 0 Å². The van der Waals surface area contributed by atoms with Crippen LogP contribution in [0.2, 0.25) is 0 Å². The monoisotopic (exact) mass is 237 g/mol. The number of aryl methyl sites for hydroxylation is 2. The summed E-state index contributed by atoms with van der Waals surface area (Å²) in [4.78, 5) is 22.9. The first kappa shape index (κ1) is 13.4. The van der Waals surface area contributed by atoms with Gasteiger partial charge in [-0.05, 0) is 26.8 Å². The van der Waals surface area contributed by atoms with Crippen LogP contribution in [0.15, 0.2) is 16.9 Å². The van der Waals surface area contributed by atoms with Gasteiger partial charge in [-0.25, -0.2) is 0 Å². The summed E-state index contributed by atoms with van der Waals surface area (Å²) in [5.41, 5.74) is 6.90. The molecule has 1 heterocycles. The summed E-state index contributed by atoms with van der Waals surface area (Å²) in [6.45, 7) is 5.04. The number of carbonyl (C=O) groups excluding carboxylic acids is 1. The number of nitrogens with one attached hydrogen (secondary N) is 1. The molecule has 0 aromatic carbocycles. The third-order valence-corrected chi connectivity index (χ3v) is 2.56. The smallest absolute Gasteiger partial charge is 0.239 e. The Bertz CT molecular complexity index is 425. The van der Waals surface area contributed by atoms with E-state index in [4.69, 9.17) is 5.73 Å². The SMILES string of the molecule is Cc1cc(=O)cc(C)n1CC(=O)NCCCN. The van der Waals surface area contributed by atoms with Crippen LogP contribution in [0.3, 0.4) is 0 Å². The van der Waals surface area contributed by atoms with Crippen molar-refractivity contribution in [1.82, 2.24) is 9.88 Å². The molecule has 1 aromatic rings. The number of aromatic nitrogens is 1. The van der Waals surface area contributed by atoms with Gasteiger partial charge < -0.3 is 15.6 Å². The Balaban J connectivity index is 2.68. The lowest BCUT2D eigenvalue weighted by Crippen LogP contribution is -2.31. The van der Waals surface area contributed by atoms with E-state index in [0.717, 1.165) is 17.8 Å². The van der Waals surface area contributed by atoms with Crippen LogP contribution < -0.4 is 16.5 Å². The Labute approximate surface area is 101 Å². The van der Waals surface area contributed by atoms with Crippen LogP contribution in [0.4, 0.5) is 0 Å². The molecule has 0 fully saturated rings. The highest BCUT2D eigenvalue weighted by Crippen LogP contribution is 2.00. The predicted octanol–water partition coefficient (Wildman–Crippen LogP) is -0.0699. The number of nitrogens with zero attached hydrogens (tertiary/aromatic N) is 1. The fourth-order valence-corrected chi connectivity index (χ4v) is 1.67. The van der Waals surface area contributed by atoms with E-state index in [2.05, 4.69) is 5.32 Å². The topological polar surface area (TPSA) is 77.1 Å². The second-order valence-corrected chi connectivity index (χ2v) is 4.05. The summed E-state index contributed by atoms with van der Waals surface area (Å²) in [7, 11) is 0. The summed E-state index contributed by atoms with van der Waals surface area (Å²) in [5, 5.41) is 2.78. The fraction of sp³-hybridized carbons (Fsp3) is 0.500. The van der Waals surface area contributed by atoms with E-state index in [1.54, 1.807) is 0 Å². The van der Waals surface area contributed by atoms with Crippen LogP contribution in [0.1, 0.15) is 17.8 Å². The minimum Gasteiger partial charge on any atom is -0.355 e. The van der Waals surface area contributed by atoms with Gasteiger partial charge in [-0.15, -0.1) is 0 Å². The molecule has 0 atom stereocenters. The first-order chi connectivity index (χ1) is 8.04. The first-order valence-corrected chi connectivity index (χ1v) is 5.69. The Morgan fingerprint density at radius 2 is 1.94 bits per heavy atom. The molecule has 0 aliphatic rings. The van der Waals surface area contributed by atoms with Crippen molar-refractivity contribution in [1.29, 1.82) is 0 Å². The molecule has 0 aliphatic carbocycles. The molecule has 3 N–H and O–H groups in total. The van der Waals surface area contributed by atoms with Gasteiger partial charge in [0.25, 0.3) is 0 Å². The van der Waals surface area contributed by atoms with E-state index in [1.165, 1.54) is 12.1 Å². The molecule has 5 nitrogen and oxygen atoms in total. The van der Waals surface area contributed by atoms with Gasteiger partial charge in [-0.2, -0.15) is 0 Å². The minimum atomic E-state index is -0.0618. The lowest BCUT2D eigenvalue weighted by molar-refractivity contribution is -0.121. The van der Waals surface area contributed by atoms with Gasteiger partial charge >= 0.3 is 0 Å². The van der Waals surface area contributed by atoms with Gasteiger partial charge in [0.1, 0.15) is 6.54 Å². The lowest BCUT2D eigenvalue weighted by Gasteiger charge is -2.13. The Kier molecular flexibility index (Phi) is 4.90. The number of amides is 1. The van der Waals surface area contributed by atoms with Gasteiger partial charge in [0.15, 0.2) is 5.43 Å². The molecule has 0 spiro atoms. The average Bonchev–Trinajstić information content (AvgIpc) is 2.24. The van der Waals surface area contributed by atoms with Crippen molar-refractivity contribution < 1.29 is 4.79 Å². The van der Waals surface area contributed by atoms with E-state index in [1.807, 2.05) is 18.4 Å². The van der Waals surface area contributed by atoms with Crippen LogP contribution in [0.25, 0.3) is 0 Å². The zero-order valence-corrected chi connectivity index (χ0v) is 10.3. The summed E-state index contributed by atoms with van der Waals surface area (Å²) < 4.78 is 1.82. The van der Waals surface area contributed by atoms with Crippen molar-refractivity contribution in [2.75, 3.05) is 13.1 Å². The zero-order valence-electron chi connectivity index (χ0n) is 10.3. The molecule has 0 saturated heterocycles. The van der Waals surface area contributed by atoms with Crippen molar-refractivity contribution in [3.63, 3.8) is 0 Å². The Morgan fingerprint density at radius 3 is 2.47 bits per heavy atom. The van der Waals surface area contributed by atoms with E-state index in [9.17, 15) is 9.59 Å². The van der Waals surface area contributed by atoms with Crippen molar-refractivity contribution in [3.8, 4) is 0 Å². The van der Waals surface area contributed by atoms with E-state index >= 15 is 0 Å². The molecule has 1 rings (SSSR count). The molecule has 0 unspecified atom stereocenters. The van der Waals surface area contributed by atoms with Crippen LogP contribution in [0, 0.1) is 13.8 Å². The molecule has 94 valence electrons. The molecule has 0 saturated carbocycles. The molecule has 17 heavy (non-hydrogen) atoms. The summed E-state index contributed by atoms with van der Waals surface area (Å²) in [6, 6.07) is 3.06. The van der Waals surface area contributed by atoms with Crippen LogP contribution in [-0.4, -0.2) is 23.6 Å². The number of hydrogen-bond acceptors (Lipinski definition) is 3. The number of hydrogen-bond donors (Lipinski definition) is 2. The van der Waals surface area contributed by atoms with Crippen molar-refractivity contribution in [2.45, 2.75) is 26.8 Å². The van der Waals surface area contributed by atoms with Crippen LogP contribution in [-0.2, 0) is 11.3 Å². The number of carbonyl (C=O) groups is 1. The first-order valence-electron chi connectivity index (χ1n) is 5.69. The van der Waals surface area contributed by atoms with Crippen LogP contribution >= 0.6 is 0 Å². The quantitative estimate of drug-likeness (QED) is 0.704. The molecule has 0 radical (unpaired) electrons. The molecule has 5 heteroatoms. The Morgan fingerprint density at radius 1 is 1.35 bits per heavy atom. The molecular weight excluding hydrogens is 218 g/mol. The van der Waals surface area contributed by atoms with Gasteiger partial charge in [0, 0.05) is 30.1 Å².